The summed E-state index contributed by atoms with van der Waals surface area (Å²) in [6, 6.07) is 73.6. The molecule has 0 saturated carbocycles. The van der Waals surface area contributed by atoms with Crippen molar-refractivity contribution < 1.29 is 112 Å². The number of halogens is 4. The Hall–Kier alpha value is -14.3. The van der Waals surface area contributed by atoms with E-state index in [2.05, 4.69) is 0 Å². The molecule has 634 valence electrons. The third-order valence-corrected chi connectivity index (χ3v) is 21.6. The molecule has 27 heteroatoms. The van der Waals surface area contributed by atoms with Gasteiger partial charge in [-0.1, -0.05) is 121 Å². The highest BCUT2D eigenvalue weighted by Crippen LogP contribution is 2.49. The molecule has 4 aliphatic heterocycles. The van der Waals surface area contributed by atoms with Gasteiger partial charge in [-0.15, -0.1) is 0 Å². The van der Waals surface area contributed by atoms with Crippen LogP contribution in [0.1, 0.15) is 138 Å². The SMILES string of the molecule is O=C1OC(CCC(O)c2ccc(F)cc2)C(c2ccc(O)cc2O)N1c1ccccc1.O=C1O[C@H](CCC(O)c2ccc(F)cc2)[C@@H](c2ccc(O)cc2O)N1c1ccccc1.O=C1O[C@H](CCCc2ccc(F)cc2)[C@@H](c2ccc(O)cc2O)N1c1ccccc1.O=C1O[C@H](CC[C@H](O)c2ccc(F)cc2)[C@@H](c2ccc(O)cc2O)N1c1ccccc1. The number of aliphatic hydroxyl groups excluding tert-OH is 3. The van der Waals surface area contributed by atoms with Gasteiger partial charge in [-0.3, -0.25) is 19.6 Å². The minimum Gasteiger partial charge on any atom is -0.508 e. The molecule has 16 rings (SSSR count). The number of hydrogen-bond acceptors (Lipinski definition) is 19. The number of carbonyl (C=O) groups excluding carboxylic acids is 4. The maximum Gasteiger partial charge on any atom is 0.415 e. The molecule has 4 heterocycles. The summed E-state index contributed by atoms with van der Waals surface area (Å²) in [6.45, 7) is 0. The molecule has 4 unspecified atom stereocenters. The summed E-state index contributed by atoms with van der Waals surface area (Å²) < 4.78 is 75.1. The van der Waals surface area contributed by atoms with Gasteiger partial charge in [0.15, 0.2) is 0 Å². The van der Waals surface area contributed by atoms with E-state index < -0.39 is 91.3 Å². The third kappa shape index (κ3) is 21.1. The summed E-state index contributed by atoms with van der Waals surface area (Å²) in [5, 5.41) is 112. The lowest BCUT2D eigenvalue weighted by Crippen LogP contribution is -2.29. The van der Waals surface area contributed by atoms with Gasteiger partial charge in [0.25, 0.3) is 0 Å². The second kappa shape index (κ2) is 39.7. The van der Waals surface area contributed by atoms with E-state index in [1.54, 1.807) is 109 Å². The molecule has 123 heavy (non-hydrogen) atoms. The molecular formula is C96H88F4N4O19. The zero-order valence-electron chi connectivity index (χ0n) is 65.9. The number of aromatic hydroxyl groups is 8. The van der Waals surface area contributed by atoms with Crippen LogP contribution in [0.25, 0.3) is 0 Å². The van der Waals surface area contributed by atoms with Crippen LogP contribution in [-0.4, -0.2) is 105 Å². The quantitative estimate of drug-likeness (QED) is 0.0198. The highest BCUT2D eigenvalue weighted by Gasteiger charge is 2.49. The van der Waals surface area contributed by atoms with Gasteiger partial charge in [-0.25, -0.2) is 36.7 Å². The van der Waals surface area contributed by atoms with Crippen LogP contribution >= 0.6 is 0 Å². The topological polar surface area (TPSA) is 341 Å². The van der Waals surface area contributed by atoms with E-state index in [0.717, 1.165) is 12.0 Å². The van der Waals surface area contributed by atoms with Crippen LogP contribution in [-0.2, 0) is 25.4 Å². The van der Waals surface area contributed by atoms with Gasteiger partial charge in [0.1, 0.15) is 118 Å². The zero-order valence-corrected chi connectivity index (χ0v) is 65.9. The highest BCUT2D eigenvalue weighted by atomic mass is 19.1. The summed E-state index contributed by atoms with van der Waals surface area (Å²) in [5.41, 5.74) is 6.96. The van der Waals surface area contributed by atoms with Crippen LogP contribution in [0.3, 0.4) is 0 Å². The fraction of sp³-hybridized carbons (Fsp3) is 0.208. The number of benzene rings is 12. The Balaban J connectivity index is 0.000000141. The molecule has 12 aromatic carbocycles. The van der Waals surface area contributed by atoms with Crippen LogP contribution < -0.4 is 19.6 Å². The lowest BCUT2D eigenvalue weighted by Gasteiger charge is -2.26. The van der Waals surface area contributed by atoms with E-state index in [1.807, 2.05) is 48.5 Å². The first-order valence-corrected chi connectivity index (χ1v) is 39.7. The Labute approximate surface area is 704 Å². The first kappa shape index (κ1) is 86.6. The average Bonchev–Trinajstić information content (AvgIpc) is 1.65. The van der Waals surface area contributed by atoms with E-state index in [1.165, 1.54) is 153 Å². The molecule has 11 atom stereocenters. The molecule has 23 nitrogen and oxygen atoms in total. The van der Waals surface area contributed by atoms with Crippen LogP contribution in [0.2, 0.25) is 0 Å². The third-order valence-electron chi connectivity index (χ3n) is 21.6. The first-order chi connectivity index (χ1) is 59.3. The van der Waals surface area contributed by atoms with Crippen LogP contribution in [0.4, 0.5) is 59.5 Å². The van der Waals surface area contributed by atoms with Crippen molar-refractivity contribution in [3.05, 3.63) is 359 Å². The zero-order chi connectivity index (χ0) is 87.0. The van der Waals surface area contributed by atoms with Crippen molar-refractivity contribution >= 4 is 47.1 Å². The van der Waals surface area contributed by atoms with Gasteiger partial charge in [0.05, 0.1) is 18.3 Å². The van der Waals surface area contributed by atoms with Crippen molar-refractivity contribution in [1.29, 1.82) is 0 Å². The lowest BCUT2D eigenvalue weighted by atomic mass is 9.94. The Bertz CT molecular complexity index is 5160. The summed E-state index contributed by atoms with van der Waals surface area (Å²) >= 11 is 0. The van der Waals surface area contributed by atoms with Crippen molar-refractivity contribution in [1.82, 2.24) is 0 Å². The van der Waals surface area contributed by atoms with Crippen molar-refractivity contribution in [2.75, 3.05) is 19.6 Å². The summed E-state index contributed by atoms with van der Waals surface area (Å²) in [5.74, 6) is -2.35. The summed E-state index contributed by atoms with van der Waals surface area (Å²) in [7, 11) is 0. The number of aliphatic hydroxyl groups is 3. The monoisotopic (exact) mass is 1680 g/mol. The molecule has 0 bridgehead atoms. The fourth-order valence-electron chi connectivity index (χ4n) is 15.6. The Morgan fingerprint density at radius 3 is 0.724 bits per heavy atom. The number of aryl methyl sites for hydroxylation is 1. The van der Waals surface area contributed by atoms with Gasteiger partial charge >= 0.3 is 24.4 Å². The average molecular weight is 1680 g/mol. The van der Waals surface area contributed by atoms with Gasteiger partial charge in [-0.05, 0) is 226 Å². The molecule has 0 aliphatic carbocycles. The Morgan fingerprint density at radius 1 is 0.276 bits per heavy atom. The molecule has 0 spiro atoms. The predicted octanol–water partition coefficient (Wildman–Crippen LogP) is 19.8. The summed E-state index contributed by atoms with van der Waals surface area (Å²) in [6.07, 6.45) is -3.49. The van der Waals surface area contributed by atoms with Crippen LogP contribution in [0.15, 0.2) is 291 Å². The summed E-state index contributed by atoms with van der Waals surface area (Å²) in [4.78, 5) is 57.0. The molecule has 4 saturated heterocycles. The fourth-order valence-corrected chi connectivity index (χ4v) is 15.6. The van der Waals surface area contributed by atoms with Crippen molar-refractivity contribution in [3.8, 4) is 46.0 Å². The number of nitrogens with zero attached hydrogens (tertiary/aromatic N) is 4. The lowest BCUT2D eigenvalue weighted by molar-refractivity contribution is 0.100. The molecule has 0 radical (unpaired) electrons. The number of carbonyl (C=O) groups is 4. The molecular weight excluding hydrogens is 1590 g/mol. The van der Waals surface area contributed by atoms with Crippen LogP contribution in [0.5, 0.6) is 46.0 Å². The van der Waals surface area contributed by atoms with E-state index in [0.29, 0.717) is 93.8 Å². The normalized spacial score (nSPS) is 19.1. The Morgan fingerprint density at radius 2 is 0.496 bits per heavy atom. The molecule has 11 N–H and O–H groups in total. The number of cyclic esters (lactones) is 4. The second-order valence-electron chi connectivity index (χ2n) is 29.7. The highest BCUT2D eigenvalue weighted by molar-refractivity contribution is 5.94. The molecule has 12 aromatic rings. The number of anilines is 4. The van der Waals surface area contributed by atoms with E-state index in [-0.39, 0.29) is 88.5 Å². The second-order valence-corrected chi connectivity index (χ2v) is 29.7. The molecule has 4 amide bonds. The molecule has 4 aliphatic rings. The molecule has 0 aromatic heterocycles. The van der Waals surface area contributed by atoms with E-state index in [9.17, 15) is 92.9 Å². The van der Waals surface area contributed by atoms with E-state index in [4.69, 9.17) is 18.9 Å². The van der Waals surface area contributed by atoms with Gasteiger partial charge in [-0.2, -0.15) is 0 Å². The minimum atomic E-state index is -0.862. The van der Waals surface area contributed by atoms with Crippen molar-refractivity contribution in [3.63, 3.8) is 0 Å². The number of amides is 4. The van der Waals surface area contributed by atoms with E-state index >= 15 is 0 Å². The standard InChI is InChI=1S/3C24H22FNO5.C24H22FNO4/c3*25-16-8-6-15(7-9-16)20(28)12-13-22-23(19-11-10-18(27)14-21(19)29)26(24(30)31-22)17-4-2-1-3-5-17;25-17-11-9-16(10-12-17)5-4-8-22-23(20-14-13-19(27)15-21(20)28)26(24(29)30-22)18-6-2-1-3-7-18/h3*1-11,14,20,22-23,27-29H,12-13H2;1-3,6-7,9-15,22-23,27-28H,4-5,8H2/t20?,22-,23-;20-,22+,23+;;22-,23-/m10.1/s1. The van der Waals surface area contributed by atoms with Gasteiger partial charge in [0, 0.05) is 69.3 Å². The predicted molar refractivity (Wildman–Crippen MR) is 448 cm³/mol. The number of rotatable bonds is 24. The minimum absolute atomic E-state index is 0.0550. The maximum atomic E-state index is 13.1. The number of ether oxygens (including phenoxy) is 4. The Kier molecular flexibility index (Phi) is 28.0. The number of phenols is 8. The van der Waals surface area contributed by atoms with Gasteiger partial charge in [0.2, 0.25) is 0 Å². The van der Waals surface area contributed by atoms with Crippen LogP contribution in [0, 0.1) is 23.3 Å². The van der Waals surface area contributed by atoms with Crippen molar-refractivity contribution in [2.24, 2.45) is 0 Å². The number of hydrogen-bond donors (Lipinski definition) is 11. The first-order valence-electron chi connectivity index (χ1n) is 39.7. The molecule has 4 fully saturated rings. The smallest absolute Gasteiger partial charge is 0.415 e. The van der Waals surface area contributed by atoms with Crippen molar-refractivity contribution in [2.45, 2.75) is 125 Å². The number of para-hydroxylation sites is 4. The maximum absolute atomic E-state index is 13.1. The largest absolute Gasteiger partial charge is 0.508 e. The van der Waals surface area contributed by atoms with Gasteiger partial charge < -0.3 is 75.1 Å². The number of phenolic OH excluding ortho intramolecular Hbond substituents is 8.